The maximum Gasteiger partial charge on any atom is 0.315 e. The fraction of sp³-hybridized carbons (Fsp3) is 0.929. The molecule has 1 saturated heterocycles. The van der Waals surface area contributed by atoms with Crippen molar-refractivity contribution in [3.63, 3.8) is 0 Å². The molecule has 19 heavy (non-hydrogen) atoms. The van der Waals surface area contributed by atoms with Gasteiger partial charge in [-0.1, -0.05) is 19.3 Å². The number of aliphatic hydroxyl groups is 1. The van der Waals surface area contributed by atoms with Crippen LogP contribution in [0.15, 0.2) is 0 Å². The van der Waals surface area contributed by atoms with E-state index >= 15 is 0 Å². The molecule has 1 aliphatic carbocycles. The number of piperidine rings is 1. The lowest BCUT2D eigenvalue weighted by atomic mass is 9.96. The Morgan fingerprint density at radius 3 is 2.47 bits per heavy atom. The van der Waals surface area contributed by atoms with Gasteiger partial charge in [0.1, 0.15) is 0 Å². The van der Waals surface area contributed by atoms with E-state index < -0.39 is 0 Å². The summed E-state index contributed by atoms with van der Waals surface area (Å²) in [6.45, 7) is 3.44. The van der Waals surface area contributed by atoms with Gasteiger partial charge in [0.05, 0.1) is 6.10 Å². The molecule has 1 aliphatic heterocycles. The quantitative estimate of drug-likeness (QED) is 0.715. The van der Waals surface area contributed by atoms with Crippen molar-refractivity contribution in [3.05, 3.63) is 0 Å². The van der Waals surface area contributed by atoms with Crippen LogP contribution in [-0.2, 0) is 0 Å². The average molecular weight is 269 g/mol. The van der Waals surface area contributed by atoms with Crippen molar-refractivity contribution in [1.29, 1.82) is 0 Å². The number of aliphatic hydroxyl groups excluding tert-OH is 1. The summed E-state index contributed by atoms with van der Waals surface area (Å²) in [6.07, 6.45) is 7.61. The number of likely N-dealkylation sites (tertiary alicyclic amines) is 1. The molecular formula is C14H27N3O2. The van der Waals surface area contributed by atoms with Gasteiger partial charge in [-0.15, -0.1) is 0 Å². The smallest absolute Gasteiger partial charge is 0.315 e. The highest BCUT2D eigenvalue weighted by atomic mass is 16.3. The highest BCUT2D eigenvalue weighted by Gasteiger charge is 2.17. The standard InChI is InChI=1S/C14H27N3O2/c18-13-6-9-17(10-7-13)11-8-15-14(19)16-12-4-2-1-3-5-12/h12-13,18H,1-11H2,(H2,15,16,19). The monoisotopic (exact) mass is 269 g/mol. The second kappa shape index (κ2) is 7.70. The first-order chi connectivity index (χ1) is 9.24. The minimum atomic E-state index is -0.126. The van der Waals surface area contributed by atoms with Crippen molar-refractivity contribution in [2.24, 2.45) is 0 Å². The second-order valence-corrected chi connectivity index (χ2v) is 5.81. The van der Waals surface area contributed by atoms with Crippen molar-refractivity contribution in [1.82, 2.24) is 15.5 Å². The van der Waals surface area contributed by atoms with Crippen LogP contribution < -0.4 is 10.6 Å². The van der Waals surface area contributed by atoms with Crippen molar-refractivity contribution < 1.29 is 9.90 Å². The van der Waals surface area contributed by atoms with Crippen LogP contribution in [0, 0.1) is 0 Å². The van der Waals surface area contributed by atoms with E-state index in [-0.39, 0.29) is 12.1 Å². The molecule has 0 aromatic heterocycles. The fourth-order valence-corrected chi connectivity index (χ4v) is 2.95. The summed E-state index contributed by atoms with van der Waals surface area (Å²) >= 11 is 0. The van der Waals surface area contributed by atoms with Crippen molar-refractivity contribution in [2.45, 2.75) is 57.1 Å². The van der Waals surface area contributed by atoms with Crippen molar-refractivity contribution in [3.8, 4) is 0 Å². The third-order valence-electron chi connectivity index (χ3n) is 4.21. The Morgan fingerprint density at radius 2 is 1.79 bits per heavy atom. The molecule has 110 valence electrons. The van der Waals surface area contributed by atoms with Gasteiger partial charge in [-0.05, 0) is 25.7 Å². The zero-order chi connectivity index (χ0) is 13.5. The van der Waals surface area contributed by atoms with E-state index in [0.29, 0.717) is 12.6 Å². The van der Waals surface area contributed by atoms with Gasteiger partial charge in [0.15, 0.2) is 0 Å². The number of carbonyl (C=O) groups is 1. The molecule has 0 radical (unpaired) electrons. The molecule has 0 unspecified atom stereocenters. The molecule has 3 N–H and O–H groups in total. The Bertz CT molecular complexity index is 272. The number of urea groups is 1. The van der Waals surface area contributed by atoms with Gasteiger partial charge in [0.2, 0.25) is 0 Å². The molecule has 2 amide bonds. The highest BCUT2D eigenvalue weighted by molar-refractivity contribution is 5.74. The molecule has 2 aliphatic rings. The van der Waals surface area contributed by atoms with E-state index in [9.17, 15) is 9.90 Å². The molecule has 2 rings (SSSR count). The van der Waals surface area contributed by atoms with Crippen molar-refractivity contribution >= 4 is 6.03 Å². The number of amides is 2. The van der Waals surface area contributed by atoms with E-state index in [1.165, 1.54) is 19.3 Å². The van der Waals surface area contributed by atoms with E-state index in [4.69, 9.17) is 0 Å². The maximum absolute atomic E-state index is 11.7. The van der Waals surface area contributed by atoms with Crippen molar-refractivity contribution in [2.75, 3.05) is 26.2 Å². The zero-order valence-electron chi connectivity index (χ0n) is 11.7. The Hall–Kier alpha value is -0.810. The Kier molecular flexibility index (Phi) is 5.92. The van der Waals surface area contributed by atoms with Gasteiger partial charge in [-0.25, -0.2) is 4.79 Å². The van der Waals surface area contributed by atoms with E-state index in [1.54, 1.807) is 0 Å². The highest BCUT2D eigenvalue weighted by Crippen LogP contribution is 2.17. The van der Waals surface area contributed by atoms with Crippen LogP contribution in [-0.4, -0.2) is 54.4 Å². The molecule has 2 fully saturated rings. The Labute approximate surface area is 115 Å². The molecule has 5 heteroatoms. The lowest BCUT2D eigenvalue weighted by Gasteiger charge is -2.29. The fourth-order valence-electron chi connectivity index (χ4n) is 2.95. The maximum atomic E-state index is 11.7. The van der Waals surface area contributed by atoms with Gasteiger partial charge in [0.25, 0.3) is 0 Å². The molecular weight excluding hydrogens is 242 g/mol. The second-order valence-electron chi connectivity index (χ2n) is 5.81. The molecule has 1 heterocycles. The van der Waals surface area contributed by atoms with Crippen LogP contribution in [0.5, 0.6) is 0 Å². The SMILES string of the molecule is O=C(NCCN1CCC(O)CC1)NC1CCCCC1. The first-order valence-electron chi connectivity index (χ1n) is 7.69. The van der Waals surface area contributed by atoms with Gasteiger partial charge < -0.3 is 20.6 Å². The summed E-state index contributed by atoms with van der Waals surface area (Å²) < 4.78 is 0. The Morgan fingerprint density at radius 1 is 1.11 bits per heavy atom. The number of rotatable bonds is 4. The van der Waals surface area contributed by atoms with Crippen LogP contribution >= 0.6 is 0 Å². The Balaban J connectivity index is 1.53. The third kappa shape index (κ3) is 5.37. The first-order valence-corrected chi connectivity index (χ1v) is 7.69. The van der Waals surface area contributed by atoms with Crippen LogP contribution in [0.2, 0.25) is 0 Å². The summed E-state index contributed by atoms with van der Waals surface area (Å²) in [5, 5.41) is 15.4. The summed E-state index contributed by atoms with van der Waals surface area (Å²) in [7, 11) is 0. The van der Waals surface area contributed by atoms with Crippen LogP contribution in [0.4, 0.5) is 4.79 Å². The summed E-state index contributed by atoms with van der Waals surface area (Å²) in [5.74, 6) is 0. The molecule has 0 spiro atoms. The van der Waals surface area contributed by atoms with E-state index in [2.05, 4.69) is 15.5 Å². The summed E-state index contributed by atoms with van der Waals surface area (Å²) in [5.41, 5.74) is 0. The number of nitrogens with one attached hydrogen (secondary N) is 2. The number of hydrogen-bond donors (Lipinski definition) is 3. The lowest BCUT2D eigenvalue weighted by molar-refractivity contribution is 0.0832. The number of nitrogens with zero attached hydrogens (tertiary/aromatic N) is 1. The normalized spacial score (nSPS) is 23.2. The van der Waals surface area contributed by atoms with E-state index in [1.807, 2.05) is 0 Å². The lowest BCUT2D eigenvalue weighted by Crippen LogP contribution is -2.46. The summed E-state index contributed by atoms with van der Waals surface area (Å²) in [4.78, 5) is 14.0. The average Bonchev–Trinajstić information content (AvgIpc) is 2.42. The first kappa shape index (κ1) is 14.6. The van der Waals surface area contributed by atoms with Crippen LogP contribution in [0.25, 0.3) is 0 Å². The van der Waals surface area contributed by atoms with E-state index in [0.717, 1.165) is 45.3 Å². The minimum absolute atomic E-state index is 0.0241. The van der Waals surface area contributed by atoms with Gasteiger partial charge in [-0.2, -0.15) is 0 Å². The third-order valence-corrected chi connectivity index (χ3v) is 4.21. The predicted molar refractivity (Wildman–Crippen MR) is 75.1 cm³/mol. The van der Waals surface area contributed by atoms with Gasteiger partial charge in [-0.3, -0.25) is 0 Å². The molecule has 0 aromatic carbocycles. The van der Waals surface area contributed by atoms with Crippen LogP contribution in [0.1, 0.15) is 44.9 Å². The molecule has 0 bridgehead atoms. The molecule has 5 nitrogen and oxygen atoms in total. The van der Waals surface area contributed by atoms with Gasteiger partial charge >= 0.3 is 6.03 Å². The number of carbonyl (C=O) groups excluding carboxylic acids is 1. The summed E-state index contributed by atoms with van der Waals surface area (Å²) in [6, 6.07) is 0.350. The topological polar surface area (TPSA) is 64.6 Å². The largest absolute Gasteiger partial charge is 0.393 e. The molecule has 1 saturated carbocycles. The number of hydrogen-bond acceptors (Lipinski definition) is 3. The zero-order valence-corrected chi connectivity index (χ0v) is 11.7. The van der Waals surface area contributed by atoms with Gasteiger partial charge in [0, 0.05) is 32.2 Å². The van der Waals surface area contributed by atoms with Crippen LogP contribution in [0.3, 0.4) is 0 Å². The molecule has 0 atom stereocenters. The predicted octanol–water partition coefficient (Wildman–Crippen LogP) is 1.07. The minimum Gasteiger partial charge on any atom is -0.393 e. The molecule has 0 aromatic rings.